The Morgan fingerprint density at radius 3 is 2.83 bits per heavy atom. The average molecular weight is 409 g/mol. The molecule has 4 rings (SSSR count). The van der Waals surface area contributed by atoms with E-state index in [-0.39, 0.29) is 17.0 Å². The highest BCUT2D eigenvalue weighted by Gasteiger charge is 2.27. The van der Waals surface area contributed by atoms with Crippen molar-refractivity contribution in [1.82, 2.24) is 15.2 Å². The lowest BCUT2D eigenvalue weighted by Gasteiger charge is -2.31. The number of fused-ring (bicyclic) bond motifs is 1. The van der Waals surface area contributed by atoms with Crippen LogP contribution in [0.15, 0.2) is 53.7 Å². The number of thioether (sulfide) groups is 1. The van der Waals surface area contributed by atoms with Crippen molar-refractivity contribution in [3.63, 3.8) is 0 Å². The molecule has 0 fully saturated rings. The van der Waals surface area contributed by atoms with E-state index in [2.05, 4.69) is 21.2 Å². The lowest BCUT2D eigenvalue weighted by molar-refractivity contribution is -0.117. The predicted octanol–water partition coefficient (Wildman–Crippen LogP) is 4.57. The summed E-state index contributed by atoms with van der Waals surface area (Å²) in [6.45, 7) is 2.62. The number of nitrogens with one attached hydrogen (secondary N) is 1. The molecule has 5 nitrogen and oxygen atoms in total. The van der Waals surface area contributed by atoms with E-state index in [9.17, 15) is 9.18 Å². The molecule has 7 heteroatoms. The van der Waals surface area contributed by atoms with Crippen molar-refractivity contribution in [2.24, 2.45) is 0 Å². The van der Waals surface area contributed by atoms with E-state index in [1.165, 1.54) is 29.5 Å². The van der Waals surface area contributed by atoms with Gasteiger partial charge >= 0.3 is 0 Å². The van der Waals surface area contributed by atoms with Crippen molar-refractivity contribution in [3.05, 3.63) is 71.3 Å². The molecule has 0 saturated carbocycles. The van der Waals surface area contributed by atoms with E-state index in [1.807, 2.05) is 36.1 Å². The molecular weight excluding hydrogens is 387 g/mol. The molecule has 1 aliphatic heterocycles. The van der Waals surface area contributed by atoms with Crippen LogP contribution in [0.4, 0.5) is 10.1 Å². The largest absolute Gasteiger partial charge is 0.311 e. The number of anilines is 1. The topological polar surface area (TPSA) is 61.9 Å². The summed E-state index contributed by atoms with van der Waals surface area (Å²) in [5.74, 6) is 0.380. The van der Waals surface area contributed by atoms with Gasteiger partial charge in [-0.05, 0) is 55.2 Å². The Bertz CT molecular complexity index is 1030. The summed E-state index contributed by atoms with van der Waals surface area (Å²) in [6, 6.07) is 14.3. The second kappa shape index (κ2) is 8.61. The van der Waals surface area contributed by atoms with Gasteiger partial charge in [0, 0.05) is 12.2 Å². The summed E-state index contributed by atoms with van der Waals surface area (Å²) in [5.41, 5.74) is 3.09. The fourth-order valence-electron chi connectivity index (χ4n) is 3.32. The van der Waals surface area contributed by atoms with Crippen LogP contribution in [0, 0.1) is 5.82 Å². The number of aryl methyl sites for hydroxylation is 1. The summed E-state index contributed by atoms with van der Waals surface area (Å²) in [6.07, 6.45) is 5.58. The van der Waals surface area contributed by atoms with Crippen molar-refractivity contribution >= 4 is 35.5 Å². The van der Waals surface area contributed by atoms with Crippen molar-refractivity contribution in [1.29, 1.82) is 0 Å². The molecule has 2 aromatic carbocycles. The van der Waals surface area contributed by atoms with Crippen LogP contribution in [0.2, 0.25) is 0 Å². The maximum absolute atomic E-state index is 13.0. The van der Waals surface area contributed by atoms with Crippen LogP contribution in [-0.2, 0) is 11.2 Å². The molecule has 0 bridgehead atoms. The number of carbonyl (C=O) groups is 1. The number of aromatic nitrogens is 3. The van der Waals surface area contributed by atoms with Gasteiger partial charge in [0.05, 0.1) is 5.25 Å². The zero-order valence-corrected chi connectivity index (χ0v) is 16.8. The van der Waals surface area contributed by atoms with Crippen molar-refractivity contribution in [2.45, 2.75) is 30.2 Å². The van der Waals surface area contributed by atoms with E-state index in [1.54, 1.807) is 18.2 Å². The number of aromatic amines is 1. The van der Waals surface area contributed by atoms with E-state index < -0.39 is 0 Å². The Kier molecular flexibility index (Phi) is 5.76. The maximum atomic E-state index is 13.0. The first kappa shape index (κ1) is 19.4. The third-order valence-electron chi connectivity index (χ3n) is 4.79. The third-order valence-corrected chi connectivity index (χ3v) is 5.74. The van der Waals surface area contributed by atoms with Crippen LogP contribution in [0.25, 0.3) is 12.2 Å². The Morgan fingerprint density at radius 2 is 2.00 bits per heavy atom. The van der Waals surface area contributed by atoms with Gasteiger partial charge in [-0.15, -0.1) is 5.10 Å². The number of amides is 1. The minimum absolute atomic E-state index is 0.0651. The molecule has 3 aromatic rings. The van der Waals surface area contributed by atoms with Gasteiger partial charge in [0.1, 0.15) is 11.6 Å². The van der Waals surface area contributed by atoms with Gasteiger partial charge in [0.15, 0.2) is 0 Å². The minimum atomic E-state index is -0.300. The zero-order chi connectivity index (χ0) is 20.2. The fourth-order valence-corrected chi connectivity index (χ4v) is 4.12. The third kappa shape index (κ3) is 4.56. The highest BCUT2D eigenvalue weighted by Crippen LogP contribution is 2.30. The first-order chi connectivity index (χ1) is 14.1. The molecule has 29 heavy (non-hydrogen) atoms. The number of carbonyl (C=O) groups excluding carboxylic acids is 1. The highest BCUT2D eigenvalue weighted by molar-refractivity contribution is 8.00. The Labute approximate surface area is 173 Å². The molecule has 1 aromatic heterocycles. The molecule has 0 radical (unpaired) electrons. The lowest BCUT2D eigenvalue weighted by atomic mass is 10.0. The summed E-state index contributed by atoms with van der Waals surface area (Å²) >= 11 is 1.34. The van der Waals surface area contributed by atoms with Crippen LogP contribution >= 0.6 is 11.8 Å². The van der Waals surface area contributed by atoms with E-state index in [4.69, 9.17) is 0 Å². The molecule has 1 N–H and O–H groups in total. The molecule has 1 unspecified atom stereocenters. The van der Waals surface area contributed by atoms with Gasteiger partial charge in [-0.1, -0.05) is 48.2 Å². The van der Waals surface area contributed by atoms with Crippen molar-refractivity contribution in [3.8, 4) is 0 Å². The maximum Gasteiger partial charge on any atom is 0.240 e. The molecule has 0 aliphatic carbocycles. The van der Waals surface area contributed by atoms with Crippen molar-refractivity contribution in [2.75, 3.05) is 11.4 Å². The van der Waals surface area contributed by atoms with Gasteiger partial charge < -0.3 is 4.90 Å². The number of rotatable bonds is 5. The zero-order valence-electron chi connectivity index (χ0n) is 16.0. The van der Waals surface area contributed by atoms with Gasteiger partial charge in [0.25, 0.3) is 0 Å². The molecule has 0 saturated heterocycles. The highest BCUT2D eigenvalue weighted by atomic mass is 32.2. The average Bonchev–Trinajstić information content (AvgIpc) is 3.19. The van der Waals surface area contributed by atoms with Gasteiger partial charge in [-0.2, -0.15) is 0 Å². The quantitative estimate of drug-likeness (QED) is 0.628. The Balaban J connectivity index is 1.41. The lowest BCUT2D eigenvalue weighted by Crippen LogP contribution is -2.40. The fraction of sp³-hybridized carbons (Fsp3) is 0.227. The summed E-state index contributed by atoms with van der Waals surface area (Å²) in [4.78, 5) is 19.3. The summed E-state index contributed by atoms with van der Waals surface area (Å²) in [5, 5.41) is 7.28. The molecule has 2 heterocycles. The standard InChI is InChI=1S/C22H21FN4OS/c1-15(21(28)27-14-4-6-17-5-2-3-7-19(17)27)29-22-24-20(25-26-22)13-10-16-8-11-18(23)12-9-16/h2-3,5,7-13,15H,4,6,14H2,1H3,(H,24,25,26)/b13-10+. The van der Waals surface area contributed by atoms with E-state index in [0.29, 0.717) is 11.0 Å². The van der Waals surface area contributed by atoms with Gasteiger partial charge in [0.2, 0.25) is 11.1 Å². The van der Waals surface area contributed by atoms with Crippen LogP contribution < -0.4 is 4.90 Å². The number of H-pyrrole nitrogens is 1. The molecule has 1 aliphatic rings. The molecule has 1 amide bonds. The number of benzene rings is 2. The van der Waals surface area contributed by atoms with E-state index >= 15 is 0 Å². The number of para-hydroxylation sites is 1. The predicted molar refractivity (Wildman–Crippen MR) is 114 cm³/mol. The monoisotopic (exact) mass is 408 g/mol. The number of hydrogen-bond donors (Lipinski definition) is 1. The van der Waals surface area contributed by atoms with Crippen LogP contribution in [0.5, 0.6) is 0 Å². The second-order valence-corrected chi connectivity index (χ2v) is 8.18. The SMILES string of the molecule is CC(Sc1n[nH]c(/C=C/c2ccc(F)cc2)n1)C(=O)N1CCCc2ccccc21. The van der Waals surface area contributed by atoms with Gasteiger partial charge in [-0.3, -0.25) is 9.89 Å². The number of nitrogens with zero attached hydrogens (tertiary/aromatic N) is 3. The molecular formula is C22H21FN4OS. The smallest absolute Gasteiger partial charge is 0.240 e. The Morgan fingerprint density at radius 1 is 1.21 bits per heavy atom. The molecule has 0 spiro atoms. The number of halogens is 1. The molecule has 1 atom stereocenters. The summed E-state index contributed by atoms with van der Waals surface area (Å²) in [7, 11) is 0. The first-order valence-corrected chi connectivity index (χ1v) is 10.4. The minimum Gasteiger partial charge on any atom is -0.311 e. The van der Waals surface area contributed by atoms with Crippen LogP contribution in [0.3, 0.4) is 0 Å². The normalized spacial score (nSPS) is 14.8. The first-order valence-electron chi connectivity index (χ1n) is 9.52. The second-order valence-electron chi connectivity index (χ2n) is 6.87. The Hall–Kier alpha value is -2.93. The van der Waals surface area contributed by atoms with E-state index in [0.717, 1.165) is 30.6 Å². The van der Waals surface area contributed by atoms with Crippen LogP contribution in [-0.4, -0.2) is 32.9 Å². The van der Waals surface area contributed by atoms with Gasteiger partial charge in [-0.25, -0.2) is 9.37 Å². The molecule has 148 valence electrons. The van der Waals surface area contributed by atoms with Crippen molar-refractivity contribution < 1.29 is 9.18 Å². The van der Waals surface area contributed by atoms with Crippen LogP contribution in [0.1, 0.15) is 30.3 Å². The summed E-state index contributed by atoms with van der Waals surface area (Å²) < 4.78 is 13.0. The number of hydrogen-bond acceptors (Lipinski definition) is 4.